The smallest absolute Gasteiger partial charge is 0.416 e. The molecule has 0 N–H and O–H groups in total. The fourth-order valence-electron chi connectivity index (χ4n) is 6.36. The third-order valence-corrected chi connectivity index (χ3v) is 8.52. The molecule has 4 atom stereocenters. The molecule has 2 aromatic rings. The van der Waals surface area contributed by atoms with Crippen LogP contribution in [0, 0.1) is 31.5 Å². The minimum atomic E-state index is -4.49. The van der Waals surface area contributed by atoms with E-state index in [0.717, 1.165) is 29.7 Å². The molecule has 3 aliphatic heterocycles. The predicted molar refractivity (Wildman–Crippen MR) is 141 cm³/mol. The van der Waals surface area contributed by atoms with Crippen molar-refractivity contribution in [2.24, 2.45) is 11.8 Å². The van der Waals surface area contributed by atoms with Crippen LogP contribution < -0.4 is 0 Å². The standard InChI is InChI=1S/C30H33F4N3O3/c1-17-9-21(12-22(10-17)30(32,33)34)19(3)35(4)29(39)37-8-7-20-14-36(27-13-24(38)16-40-27)15-26(20)28(37)25-6-5-23(31)11-18(25)2/h5-6,9-13,19-20,26,28H,7-8,14-16H2,1-4H3/t19-,20-,26?,28+/m1/s1. The molecule has 2 aromatic carbocycles. The Kier molecular flexibility index (Phi) is 7.31. The van der Waals surface area contributed by atoms with Gasteiger partial charge in [-0.1, -0.05) is 17.7 Å². The van der Waals surface area contributed by atoms with Crippen LogP contribution in [0.1, 0.15) is 53.2 Å². The third-order valence-electron chi connectivity index (χ3n) is 8.52. The molecule has 0 spiro atoms. The number of amides is 2. The second kappa shape index (κ2) is 10.4. The number of alkyl halides is 3. The van der Waals surface area contributed by atoms with Gasteiger partial charge in [0.05, 0.1) is 17.6 Å². The number of carbonyl (C=O) groups is 2. The Bertz CT molecular complexity index is 1360. The van der Waals surface area contributed by atoms with Crippen molar-refractivity contribution < 1.29 is 31.9 Å². The summed E-state index contributed by atoms with van der Waals surface area (Å²) < 4.78 is 60.2. The van der Waals surface area contributed by atoms with E-state index < -0.39 is 17.8 Å². The average Bonchev–Trinajstić information content (AvgIpc) is 3.52. The first-order valence-corrected chi connectivity index (χ1v) is 13.4. The van der Waals surface area contributed by atoms with Crippen molar-refractivity contribution in [3.8, 4) is 0 Å². The summed E-state index contributed by atoms with van der Waals surface area (Å²) in [7, 11) is 1.60. The van der Waals surface area contributed by atoms with Gasteiger partial charge in [-0.15, -0.1) is 0 Å². The lowest BCUT2D eigenvalue weighted by Gasteiger charge is -2.45. The van der Waals surface area contributed by atoms with Crippen molar-refractivity contribution >= 4 is 11.8 Å². The zero-order chi connectivity index (χ0) is 28.9. The van der Waals surface area contributed by atoms with E-state index in [4.69, 9.17) is 4.74 Å². The largest absolute Gasteiger partial charge is 0.471 e. The molecule has 0 bridgehead atoms. The molecule has 0 aromatic heterocycles. The molecule has 2 fully saturated rings. The number of hydrogen-bond acceptors (Lipinski definition) is 4. The van der Waals surface area contributed by atoms with E-state index in [1.54, 1.807) is 37.9 Å². The van der Waals surface area contributed by atoms with Crippen LogP contribution in [-0.2, 0) is 15.7 Å². The molecule has 6 nitrogen and oxygen atoms in total. The number of carbonyl (C=O) groups excluding carboxylic acids is 2. The molecular formula is C30H33F4N3O3. The summed E-state index contributed by atoms with van der Waals surface area (Å²) in [5.74, 6) is 0.285. The van der Waals surface area contributed by atoms with Gasteiger partial charge < -0.3 is 19.4 Å². The van der Waals surface area contributed by atoms with E-state index in [0.29, 0.717) is 36.6 Å². The van der Waals surface area contributed by atoms with Gasteiger partial charge in [-0.3, -0.25) is 4.79 Å². The first kappa shape index (κ1) is 28.0. The summed E-state index contributed by atoms with van der Waals surface area (Å²) in [6.45, 7) is 6.83. The van der Waals surface area contributed by atoms with Gasteiger partial charge in [0.15, 0.2) is 18.3 Å². The maximum atomic E-state index is 14.1. The fourth-order valence-corrected chi connectivity index (χ4v) is 6.36. The fraction of sp³-hybridized carbons (Fsp3) is 0.467. The first-order valence-electron chi connectivity index (χ1n) is 13.4. The van der Waals surface area contributed by atoms with E-state index in [9.17, 15) is 27.2 Å². The first-order chi connectivity index (χ1) is 18.8. The number of fused-ring (bicyclic) bond motifs is 1. The number of rotatable bonds is 4. The van der Waals surface area contributed by atoms with Crippen molar-refractivity contribution in [1.29, 1.82) is 0 Å². The lowest BCUT2D eigenvalue weighted by atomic mass is 9.78. The van der Waals surface area contributed by atoms with Crippen molar-refractivity contribution in [3.05, 3.63) is 82.0 Å². The molecule has 214 valence electrons. The normalized spacial score (nSPS) is 23.6. The molecule has 0 saturated carbocycles. The zero-order valence-electron chi connectivity index (χ0n) is 23.0. The molecule has 3 aliphatic rings. The number of aryl methyl sites for hydroxylation is 2. The maximum absolute atomic E-state index is 14.1. The highest BCUT2D eigenvalue weighted by atomic mass is 19.4. The Morgan fingerprint density at radius 3 is 2.52 bits per heavy atom. The number of urea groups is 1. The number of ether oxygens (including phenoxy) is 1. The van der Waals surface area contributed by atoms with Crippen LogP contribution in [0.25, 0.3) is 0 Å². The number of likely N-dealkylation sites (tertiary alicyclic amines) is 2. The molecule has 2 saturated heterocycles. The Hall–Kier alpha value is -3.56. The Labute approximate surface area is 231 Å². The highest BCUT2D eigenvalue weighted by molar-refractivity contribution is 5.92. The van der Waals surface area contributed by atoms with Gasteiger partial charge in [0.1, 0.15) is 5.82 Å². The van der Waals surface area contributed by atoms with Gasteiger partial charge in [-0.2, -0.15) is 13.2 Å². The van der Waals surface area contributed by atoms with Gasteiger partial charge in [0.25, 0.3) is 0 Å². The van der Waals surface area contributed by atoms with Gasteiger partial charge in [0.2, 0.25) is 0 Å². The highest BCUT2D eigenvalue weighted by Gasteiger charge is 2.48. The van der Waals surface area contributed by atoms with Crippen molar-refractivity contribution in [1.82, 2.24) is 14.7 Å². The molecule has 3 heterocycles. The molecule has 40 heavy (non-hydrogen) atoms. The summed E-state index contributed by atoms with van der Waals surface area (Å²) in [6, 6.07) is 7.11. The van der Waals surface area contributed by atoms with E-state index in [1.807, 2.05) is 11.8 Å². The number of halogens is 4. The van der Waals surface area contributed by atoms with Gasteiger partial charge in [0, 0.05) is 38.7 Å². The van der Waals surface area contributed by atoms with Crippen molar-refractivity contribution in [3.63, 3.8) is 0 Å². The lowest BCUT2D eigenvalue weighted by Crippen LogP contribution is -2.51. The van der Waals surface area contributed by atoms with Crippen molar-refractivity contribution in [2.75, 3.05) is 33.3 Å². The van der Waals surface area contributed by atoms with Crippen LogP contribution in [0.5, 0.6) is 0 Å². The van der Waals surface area contributed by atoms with Gasteiger partial charge in [-0.25, -0.2) is 9.18 Å². The molecule has 5 rings (SSSR count). The van der Waals surface area contributed by atoms with Crippen LogP contribution >= 0.6 is 0 Å². The third kappa shape index (κ3) is 5.28. The number of benzene rings is 2. The number of piperidine rings is 1. The molecule has 1 unspecified atom stereocenters. The van der Waals surface area contributed by atoms with E-state index in [2.05, 4.69) is 0 Å². The van der Waals surface area contributed by atoms with Gasteiger partial charge >= 0.3 is 12.2 Å². The van der Waals surface area contributed by atoms with Crippen LogP contribution in [-0.4, -0.2) is 59.8 Å². The number of hydrogen-bond donors (Lipinski definition) is 0. The zero-order valence-corrected chi connectivity index (χ0v) is 23.0. The number of nitrogens with zero attached hydrogens (tertiary/aromatic N) is 3. The number of ketones is 1. The molecule has 10 heteroatoms. The lowest BCUT2D eigenvalue weighted by molar-refractivity contribution is -0.137. The molecular weight excluding hydrogens is 526 g/mol. The van der Waals surface area contributed by atoms with Crippen LogP contribution in [0.15, 0.2) is 48.4 Å². The topological polar surface area (TPSA) is 53.1 Å². The second-order valence-corrected chi connectivity index (χ2v) is 11.2. The minimum absolute atomic E-state index is 0.0124. The SMILES string of the molecule is Cc1cc([C@@H](C)N(C)C(=O)N2CC[C@@H]3CN(C4=CC(=O)CO4)CC3[C@@H]2c2ccc(F)cc2C)cc(C(F)(F)F)c1. The summed E-state index contributed by atoms with van der Waals surface area (Å²) in [5.41, 5.74) is 1.67. The summed E-state index contributed by atoms with van der Waals surface area (Å²) in [5, 5.41) is 0. The average molecular weight is 560 g/mol. The van der Waals surface area contributed by atoms with Crippen LogP contribution in [0.3, 0.4) is 0 Å². The minimum Gasteiger partial charge on any atom is -0.471 e. The van der Waals surface area contributed by atoms with Crippen LogP contribution in [0.4, 0.5) is 22.4 Å². The van der Waals surface area contributed by atoms with E-state index in [1.165, 1.54) is 23.1 Å². The quantitative estimate of drug-likeness (QED) is 0.431. The summed E-state index contributed by atoms with van der Waals surface area (Å²) in [4.78, 5) is 31.2. The summed E-state index contributed by atoms with van der Waals surface area (Å²) >= 11 is 0. The van der Waals surface area contributed by atoms with Gasteiger partial charge in [-0.05, 0) is 74.1 Å². The Balaban J connectivity index is 1.46. The molecule has 2 amide bonds. The Morgan fingerprint density at radius 2 is 1.88 bits per heavy atom. The molecule has 0 aliphatic carbocycles. The maximum Gasteiger partial charge on any atom is 0.416 e. The van der Waals surface area contributed by atoms with E-state index >= 15 is 0 Å². The molecule has 0 radical (unpaired) electrons. The monoisotopic (exact) mass is 559 g/mol. The summed E-state index contributed by atoms with van der Waals surface area (Å²) in [6.07, 6.45) is -2.27. The van der Waals surface area contributed by atoms with E-state index in [-0.39, 0.29) is 42.1 Å². The highest BCUT2D eigenvalue weighted by Crippen LogP contribution is 2.46. The van der Waals surface area contributed by atoms with Crippen LogP contribution in [0.2, 0.25) is 0 Å². The Morgan fingerprint density at radius 1 is 1.12 bits per heavy atom. The van der Waals surface area contributed by atoms with Crippen molar-refractivity contribution in [2.45, 2.75) is 45.5 Å². The predicted octanol–water partition coefficient (Wildman–Crippen LogP) is 6.01. The second-order valence-electron chi connectivity index (χ2n) is 11.2.